The highest BCUT2D eigenvalue weighted by Gasteiger charge is 2.60. The highest BCUT2D eigenvalue weighted by molar-refractivity contribution is 5.94. The van der Waals surface area contributed by atoms with Gasteiger partial charge in [0.05, 0.1) is 12.3 Å². The fourth-order valence-corrected chi connectivity index (χ4v) is 10.6. The van der Waals surface area contributed by atoms with Gasteiger partial charge in [0.15, 0.2) is 5.75 Å². The lowest BCUT2D eigenvalue weighted by atomic mass is 9.44. The first-order chi connectivity index (χ1) is 18.5. The minimum Gasteiger partial charge on any atom is -0.490 e. The lowest BCUT2D eigenvalue weighted by Gasteiger charge is -2.61. The smallest absolute Gasteiger partial charge is 0.339 e. The van der Waals surface area contributed by atoms with Crippen LogP contribution in [0.5, 0.6) is 5.75 Å². The molecule has 5 heteroatoms. The van der Waals surface area contributed by atoms with Crippen molar-refractivity contribution in [3.8, 4) is 5.75 Å². The summed E-state index contributed by atoms with van der Waals surface area (Å²) >= 11 is 0. The van der Waals surface area contributed by atoms with Crippen LogP contribution >= 0.6 is 0 Å². The van der Waals surface area contributed by atoms with Gasteiger partial charge in [0.25, 0.3) is 0 Å². The standard InChI is InChI=1S/C34H54N2O3/c1-21(20-39-31-26(32(37)38)18-24(35)19-30(31)36)8-7-9-22(2)27-13-14-28-25-12-11-23-10-5-6-16-33(23,3)29(25)15-17-34(27,28)4/h18-19,21-23,25,27-29H,5-17,20,35-36H2,1-4H3,(H,37,38)/t21?,22?,23?,25-,27+,28-,29-,33-,34+/m0/s1. The molecule has 0 aliphatic heterocycles. The van der Waals surface area contributed by atoms with Crippen LogP contribution in [0.1, 0.15) is 122 Å². The molecule has 9 atom stereocenters. The molecular weight excluding hydrogens is 484 g/mol. The monoisotopic (exact) mass is 538 g/mol. The minimum atomic E-state index is -1.07. The van der Waals surface area contributed by atoms with Gasteiger partial charge in [0, 0.05) is 5.69 Å². The van der Waals surface area contributed by atoms with Crippen LogP contribution in [0.25, 0.3) is 0 Å². The molecule has 0 radical (unpaired) electrons. The molecule has 218 valence electrons. The van der Waals surface area contributed by atoms with E-state index < -0.39 is 5.97 Å². The SMILES string of the molecule is CC(CCCC(C)[C@H]1CC[C@H]2[C@@H]3CCC4CCCC[C@]4(C)[C@H]3CC[C@]12C)COc1c(N)cc(N)cc1C(=O)O. The Morgan fingerprint density at radius 2 is 1.74 bits per heavy atom. The number of anilines is 2. The fraction of sp³-hybridized carbons (Fsp3) is 0.794. The first kappa shape index (κ1) is 28.6. The molecule has 1 aromatic carbocycles. The summed E-state index contributed by atoms with van der Waals surface area (Å²) in [5.41, 5.74) is 13.7. The zero-order chi connectivity index (χ0) is 27.9. The van der Waals surface area contributed by atoms with E-state index in [1.807, 2.05) is 0 Å². The summed E-state index contributed by atoms with van der Waals surface area (Å²) in [7, 11) is 0. The van der Waals surface area contributed by atoms with Crippen LogP contribution in [0.4, 0.5) is 11.4 Å². The second kappa shape index (κ2) is 11.2. The number of hydrogen-bond donors (Lipinski definition) is 3. The van der Waals surface area contributed by atoms with Crippen molar-refractivity contribution in [2.24, 2.45) is 52.3 Å². The molecule has 0 saturated heterocycles. The third-order valence-corrected chi connectivity index (χ3v) is 12.6. The zero-order valence-corrected chi connectivity index (χ0v) is 25.0. The summed E-state index contributed by atoms with van der Waals surface area (Å²) in [5, 5.41) is 9.53. The third kappa shape index (κ3) is 5.28. The molecule has 5 nitrogen and oxygen atoms in total. The molecule has 4 fully saturated rings. The number of nitrogens with two attached hydrogens (primary N) is 2. The predicted molar refractivity (Wildman–Crippen MR) is 160 cm³/mol. The molecule has 39 heavy (non-hydrogen) atoms. The van der Waals surface area contributed by atoms with E-state index in [0.717, 1.165) is 41.9 Å². The van der Waals surface area contributed by atoms with E-state index in [1.54, 1.807) is 6.07 Å². The van der Waals surface area contributed by atoms with Crippen molar-refractivity contribution in [2.45, 2.75) is 111 Å². The second-order valence-corrected chi connectivity index (χ2v) is 14.7. The van der Waals surface area contributed by atoms with Crippen LogP contribution in [0.2, 0.25) is 0 Å². The molecule has 5 N–H and O–H groups in total. The van der Waals surface area contributed by atoms with Crippen molar-refractivity contribution in [2.75, 3.05) is 18.1 Å². The predicted octanol–water partition coefficient (Wildman–Crippen LogP) is 8.42. The largest absolute Gasteiger partial charge is 0.490 e. The van der Waals surface area contributed by atoms with Crippen LogP contribution in [0.15, 0.2) is 12.1 Å². The molecule has 0 aromatic heterocycles. The van der Waals surface area contributed by atoms with Gasteiger partial charge in [-0.15, -0.1) is 0 Å². The van der Waals surface area contributed by atoms with Crippen LogP contribution in [-0.2, 0) is 0 Å². The number of ether oxygens (including phenoxy) is 1. The number of rotatable bonds is 9. The van der Waals surface area contributed by atoms with Crippen molar-refractivity contribution >= 4 is 17.3 Å². The van der Waals surface area contributed by atoms with E-state index in [9.17, 15) is 9.90 Å². The number of benzene rings is 1. The molecule has 3 unspecified atom stereocenters. The van der Waals surface area contributed by atoms with Crippen LogP contribution in [0, 0.1) is 52.3 Å². The number of carboxylic acids is 1. The lowest BCUT2D eigenvalue weighted by Crippen LogP contribution is -2.53. The van der Waals surface area contributed by atoms with E-state index in [1.165, 1.54) is 83.1 Å². The summed E-state index contributed by atoms with van der Waals surface area (Å²) in [6, 6.07) is 2.99. The third-order valence-electron chi connectivity index (χ3n) is 12.6. The van der Waals surface area contributed by atoms with Gasteiger partial charge in [0.1, 0.15) is 5.56 Å². The van der Waals surface area contributed by atoms with Crippen molar-refractivity contribution in [1.82, 2.24) is 0 Å². The Hall–Kier alpha value is -1.91. The number of nitrogen functional groups attached to an aromatic ring is 2. The Morgan fingerprint density at radius 3 is 2.51 bits per heavy atom. The van der Waals surface area contributed by atoms with Gasteiger partial charge in [-0.05, 0) is 122 Å². The number of aromatic carboxylic acids is 1. The van der Waals surface area contributed by atoms with Crippen molar-refractivity contribution < 1.29 is 14.6 Å². The average molecular weight is 539 g/mol. The maximum Gasteiger partial charge on any atom is 0.339 e. The first-order valence-electron chi connectivity index (χ1n) is 16.1. The van der Waals surface area contributed by atoms with E-state index >= 15 is 0 Å². The summed E-state index contributed by atoms with van der Waals surface area (Å²) in [4.78, 5) is 11.6. The first-order valence-corrected chi connectivity index (χ1v) is 16.1. The van der Waals surface area contributed by atoms with Gasteiger partial charge < -0.3 is 21.3 Å². The van der Waals surface area contributed by atoms with Gasteiger partial charge in [-0.25, -0.2) is 4.79 Å². The summed E-state index contributed by atoms with van der Waals surface area (Å²) in [6.07, 6.45) is 18.3. The summed E-state index contributed by atoms with van der Waals surface area (Å²) in [5.74, 6) is 5.06. The van der Waals surface area contributed by atoms with Crippen LogP contribution in [0.3, 0.4) is 0 Å². The Kier molecular flexibility index (Phi) is 8.19. The molecule has 4 saturated carbocycles. The van der Waals surface area contributed by atoms with Crippen molar-refractivity contribution in [1.29, 1.82) is 0 Å². The van der Waals surface area contributed by atoms with E-state index in [2.05, 4.69) is 27.7 Å². The maximum absolute atomic E-state index is 11.6. The fourth-order valence-electron chi connectivity index (χ4n) is 10.6. The number of fused-ring (bicyclic) bond motifs is 5. The minimum absolute atomic E-state index is 0.0399. The molecule has 0 bridgehead atoms. The van der Waals surface area contributed by atoms with Crippen LogP contribution in [-0.4, -0.2) is 17.7 Å². The average Bonchev–Trinajstić information content (AvgIpc) is 3.24. The zero-order valence-electron chi connectivity index (χ0n) is 25.0. The van der Waals surface area contributed by atoms with Gasteiger partial charge >= 0.3 is 5.97 Å². The normalized spacial score (nSPS) is 37.3. The van der Waals surface area contributed by atoms with E-state index in [-0.39, 0.29) is 17.0 Å². The molecule has 0 amide bonds. The van der Waals surface area contributed by atoms with Crippen molar-refractivity contribution in [3.05, 3.63) is 17.7 Å². The topological polar surface area (TPSA) is 98.6 Å². The molecule has 1 aromatic rings. The molecule has 0 heterocycles. The number of hydrogen-bond acceptors (Lipinski definition) is 4. The highest BCUT2D eigenvalue weighted by Crippen LogP contribution is 2.68. The molecule has 5 rings (SSSR count). The van der Waals surface area contributed by atoms with Gasteiger partial charge in [-0.3, -0.25) is 0 Å². The van der Waals surface area contributed by atoms with Gasteiger partial charge in [-0.1, -0.05) is 53.4 Å². The lowest BCUT2D eigenvalue weighted by molar-refractivity contribution is -0.114. The Labute approximate surface area is 236 Å². The number of carbonyl (C=O) groups is 1. The molecule has 4 aliphatic carbocycles. The quantitative estimate of drug-likeness (QED) is 0.274. The number of carboxylic acid groups (broad SMARTS) is 1. The van der Waals surface area contributed by atoms with E-state index in [0.29, 0.717) is 29.0 Å². The summed E-state index contributed by atoms with van der Waals surface area (Å²) in [6.45, 7) is 10.6. The Bertz CT molecular complexity index is 1040. The van der Waals surface area contributed by atoms with Crippen molar-refractivity contribution in [3.63, 3.8) is 0 Å². The summed E-state index contributed by atoms with van der Waals surface area (Å²) < 4.78 is 5.92. The molecule has 4 aliphatic rings. The maximum atomic E-state index is 11.6. The second-order valence-electron chi connectivity index (χ2n) is 14.7. The Morgan fingerprint density at radius 1 is 0.974 bits per heavy atom. The van der Waals surface area contributed by atoms with E-state index in [4.69, 9.17) is 16.2 Å². The highest BCUT2D eigenvalue weighted by atomic mass is 16.5. The van der Waals surface area contributed by atoms with Gasteiger partial charge in [-0.2, -0.15) is 0 Å². The van der Waals surface area contributed by atoms with Crippen LogP contribution < -0.4 is 16.2 Å². The Balaban J connectivity index is 1.13. The molecule has 0 spiro atoms. The molecular formula is C34H54N2O3. The van der Waals surface area contributed by atoms with Gasteiger partial charge in [0.2, 0.25) is 0 Å².